The van der Waals surface area contributed by atoms with Crippen molar-refractivity contribution in [2.45, 2.75) is 0 Å². The average Bonchev–Trinajstić information content (AvgIpc) is 2.29. The standard InChI is InChI=1S/C12H16F2N2O/c1-16(2)7-6-15-8-9-4-5-10(13)11(14)12(9)17-3/h4-5,8H,6-7H2,1-3H3. The van der Waals surface area contributed by atoms with Crippen LogP contribution in [0.2, 0.25) is 0 Å². The van der Waals surface area contributed by atoms with Gasteiger partial charge < -0.3 is 9.64 Å². The van der Waals surface area contributed by atoms with E-state index in [9.17, 15) is 8.78 Å². The van der Waals surface area contributed by atoms with Gasteiger partial charge in [0.05, 0.1) is 13.7 Å². The number of methoxy groups -OCH3 is 1. The first-order valence-electron chi connectivity index (χ1n) is 5.22. The average molecular weight is 242 g/mol. The zero-order chi connectivity index (χ0) is 12.8. The second kappa shape index (κ2) is 6.30. The highest BCUT2D eigenvalue weighted by Crippen LogP contribution is 2.23. The van der Waals surface area contributed by atoms with Crippen LogP contribution >= 0.6 is 0 Å². The van der Waals surface area contributed by atoms with E-state index in [4.69, 9.17) is 4.74 Å². The lowest BCUT2D eigenvalue weighted by atomic mass is 10.2. The maximum atomic E-state index is 13.3. The van der Waals surface area contributed by atoms with Crippen LogP contribution < -0.4 is 4.74 Å². The quantitative estimate of drug-likeness (QED) is 0.737. The van der Waals surface area contributed by atoms with Gasteiger partial charge in [-0.2, -0.15) is 4.39 Å². The van der Waals surface area contributed by atoms with Crippen LogP contribution in [0.3, 0.4) is 0 Å². The van der Waals surface area contributed by atoms with Gasteiger partial charge in [-0.15, -0.1) is 0 Å². The lowest BCUT2D eigenvalue weighted by Gasteiger charge is -2.07. The molecule has 0 aliphatic heterocycles. The molecule has 0 saturated heterocycles. The van der Waals surface area contributed by atoms with Gasteiger partial charge >= 0.3 is 0 Å². The third kappa shape index (κ3) is 3.78. The van der Waals surface area contributed by atoms with Crippen LogP contribution in [0, 0.1) is 11.6 Å². The molecule has 1 rings (SSSR count). The summed E-state index contributed by atoms with van der Waals surface area (Å²) in [4.78, 5) is 6.11. The molecule has 0 unspecified atom stereocenters. The van der Waals surface area contributed by atoms with Crippen molar-refractivity contribution in [2.24, 2.45) is 4.99 Å². The molecule has 0 aromatic heterocycles. The van der Waals surface area contributed by atoms with Crippen molar-refractivity contribution in [1.82, 2.24) is 4.90 Å². The number of benzene rings is 1. The molecule has 17 heavy (non-hydrogen) atoms. The molecule has 94 valence electrons. The Bertz CT molecular complexity index is 406. The summed E-state index contributed by atoms with van der Waals surface area (Å²) in [6, 6.07) is 2.50. The van der Waals surface area contributed by atoms with Crippen molar-refractivity contribution in [1.29, 1.82) is 0 Å². The maximum absolute atomic E-state index is 13.3. The molecule has 0 fully saturated rings. The first-order valence-corrected chi connectivity index (χ1v) is 5.22. The Morgan fingerprint density at radius 3 is 2.65 bits per heavy atom. The molecule has 0 radical (unpaired) electrons. The van der Waals surface area contributed by atoms with Gasteiger partial charge in [-0.05, 0) is 26.2 Å². The van der Waals surface area contributed by atoms with Crippen LogP contribution in [0.4, 0.5) is 8.78 Å². The molecule has 0 bridgehead atoms. The Kier molecular flexibility index (Phi) is 5.03. The van der Waals surface area contributed by atoms with Crippen LogP contribution in [-0.2, 0) is 0 Å². The maximum Gasteiger partial charge on any atom is 0.201 e. The highest BCUT2D eigenvalue weighted by molar-refractivity contribution is 5.83. The molecule has 0 aliphatic carbocycles. The Balaban J connectivity index is 2.80. The number of aliphatic imine (C=N–C) groups is 1. The fourth-order valence-corrected chi connectivity index (χ4v) is 1.28. The van der Waals surface area contributed by atoms with E-state index in [0.717, 1.165) is 12.6 Å². The molecule has 1 aromatic carbocycles. The van der Waals surface area contributed by atoms with Gasteiger partial charge in [-0.3, -0.25) is 4.99 Å². The molecule has 0 amide bonds. The molecule has 3 nitrogen and oxygen atoms in total. The number of ether oxygens (including phenoxy) is 1. The van der Waals surface area contributed by atoms with Crippen molar-refractivity contribution in [2.75, 3.05) is 34.3 Å². The van der Waals surface area contributed by atoms with E-state index in [2.05, 4.69) is 4.99 Å². The molecule has 0 N–H and O–H groups in total. The van der Waals surface area contributed by atoms with Crippen molar-refractivity contribution in [3.63, 3.8) is 0 Å². The summed E-state index contributed by atoms with van der Waals surface area (Å²) in [7, 11) is 5.18. The van der Waals surface area contributed by atoms with Gasteiger partial charge in [0.25, 0.3) is 0 Å². The normalized spacial score (nSPS) is 11.4. The molecular weight excluding hydrogens is 226 g/mol. The van der Waals surface area contributed by atoms with E-state index in [1.54, 1.807) is 0 Å². The van der Waals surface area contributed by atoms with E-state index in [1.165, 1.54) is 19.4 Å². The molecule has 0 heterocycles. The Hall–Kier alpha value is -1.49. The summed E-state index contributed by atoms with van der Waals surface area (Å²) in [5, 5.41) is 0. The van der Waals surface area contributed by atoms with Crippen molar-refractivity contribution in [3.05, 3.63) is 29.3 Å². The van der Waals surface area contributed by atoms with Gasteiger partial charge in [0.15, 0.2) is 11.6 Å². The van der Waals surface area contributed by atoms with E-state index < -0.39 is 11.6 Å². The minimum absolute atomic E-state index is 0.112. The minimum atomic E-state index is -0.982. The number of halogens is 2. The van der Waals surface area contributed by atoms with Crippen molar-refractivity contribution >= 4 is 6.21 Å². The Morgan fingerprint density at radius 2 is 2.06 bits per heavy atom. The third-order valence-corrected chi connectivity index (χ3v) is 2.19. The first kappa shape index (κ1) is 13.6. The summed E-state index contributed by atoms with van der Waals surface area (Å²) in [6.45, 7) is 1.39. The first-order chi connectivity index (χ1) is 8.06. The van der Waals surface area contributed by atoms with E-state index in [1.807, 2.05) is 19.0 Å². The van der Waals surface area contributed by atoms with E-state index in [0.29, 0.717) is 12.1 Å². The smallest absolute Gasteiger partial charge is 0.201 e. The Morgan fingerprint density at radius 1 is 1.35 bits per heavy atom. The van der Waals surface area contributed by atoms with Crippen LogP contribution in [-0.4, -0.2) is 45.4 Å². The molecule has 0 spiro atoms. The highest BCUT2D eigenvalue weighted by atomic mass is 19.2. The predicted octanol–water partition coefficient (Wildman–Crippen LogP) is 1.95. The van der Waals surface area contributed by atoms with Crippen LogP contribution in [0.1, 0.15) is 5.56 Å². The fourth-order valence-electron chi connectivity index (χ4n) is 1.28. The summed E-state index contributed by atoms with van der Waals surface area (Å²) in [5.41, 5.74) is 0.435. The topological polar surface area (TPSA) is 24.8 Å². The zero-order valence-corrected chi connectivity index (χ0v) is 10.2. The van der Waals surface area contributed by atoms with Gasteiger partial charge in [0.1, 0.15) is 0 Å². The highest BCUT2D eigenvalue weighted by Gasteiger charge is 2.12. The molecule has 0 saturated carbocycles. The SMILES string of the molecule is COc1c(C=NCCN(C)C)ccc(F)c1F. The summed E-state index contributed by atoms with van der Waals surface area (Å²) in [6.07, 6.45) is 1.49. The lowest BCUT2D eigenvalue weighted by molar-refractivity contribution is 0.371. The van der Waals surface area contributed by atoms with Gasteiger partial charge in [0, 0.05) is 18.3 Å². The van der Waals surface area contributed by atoms with Crippen LogP contribution in [0.5, 0.6) is 5.75 Å². The summed E-state index contributed by atoms with van der Waals surface area (Å²) in [5.74, 6) is -2.02. The zero-order valence-electron chi connectivity index (χ0n) is 10.2. The molecule has 0 atom stereocenters. The second-order valence-corrected chi connectivity index (χ2v) is 3.82. The van der Waals surface area contributed by atoms with E-state index >= 15 is 0 Å². The molecular formula is C12H16F2N2O. The molecule has 0 aliphatic rings. The van der Waals surface area contributed by atoms with Crippen LogP contribution in [0.25, 0.3) is 0 Å². The monoisotopic (exact) mass is 242 g/mol. The summed E-state index contributed by atoms with van der Waals surface area (Å²) < 4.78 is 31.1. The van der Waals surface area contributed by atoms with Crippen molar-refractivity contribution in [3.8, 4) is 5.75 Å². The number of nitrogens with zero attached hydrogens (tertiary/aromatic N) is 2. The van der Waals surface area contributed by atoms with Gasteiger partial charge in [-0.1, -0.05) is 0 Å². The summed E-state index contributed by atoms with van der Waals surface area (Å²) >= 11 is 0. The lowest BCUT2D eigenvalue weighted by Crippen LogP contribution is -2.15. The van der Waals surface area contributed by atoms with Gasteiger partial charge in [-0.25, -0.2) is 4.39 Å². The Labute approximate surface area is 99.7 Å². The molecule has 1 aromatic rings. The second-order valence-electron chi connectivity index (χ2n) is 3.82. The minimum Gasteiger partial charge on any atom is -0.493 e. The van der Waals surface area contributed by atoms with E-state index in [-0.39, 0.29) is 5.75 Å². The predicted molar refractivity (Wildman–Crippen MR) is 63.9 cm³/mol. The largest absolute Gasteiger partial charge is 0.493 e. The molecule has 5 heteroatoms. The number of rotatable bonds is 5. The van der Waals surface area contributed by atoms with Crippen molar-refractivity contribution < 1.29 is 13.5 Å². The number of likely N-dealkylation sites (N-methyl/N-ethyl adjacent to an activating group) is 1. The third-order valence-electron chi connectivity index (χ3n) is 2.19. The fraction of sp³-hybridized carbons (Fsp3) is 0.417. The number of hydrogen-bond acceptors (Lipinski definition) is 3. The van der Waals surface area contributed by atoms with Crippen LogP contribution in [0.15, 0.2) is 17.1 Å². The number of hydrogen-bond donors (Lipinski definition) is 0. The van der Waals surface area contributed by atoms with Gasteiger partial charge in [0.2, 0.25) is 5.82 Å².